The molecule has 2 aromatic rings. The molecule has 1 N–H and O–H groups in total. The van der Waals surface area contributed by atoms with E-state index in [-0.39, 0.29) is 5.43 Å². The lowest BCUT2D eigenvalue weighted by Gasteiger charge is -2.09. The van der Waals surface area contributed by atoms with Gasteiger partial charge in [-0.25, -0.2) is 0 Å². The Kier molecular flexibility index (Phi) is 3.18. The summed E-state index contributed by atoms with van der Waals surface area (Å²) < 4.78 is 5.27. The molecule has 0 bridgehead atoms. The molecule has 0 aliphatic carbocycles. The number of H-pyrrole nitrogens is 1. The SMILES string of the molecule is CCCc1c(C)[nH]c2c(OC)cccc2c1=O. The highest BCUT2D eigenvalue weighted by atomic mass is 16.5. The molecular weight excluding hydrogens is 214 g/mol. The van der Waals surface area contributed by atoms with Gasteiger partial charge in [-0.2, -0.15) is 0 Å². The predicted molar refractivity (Wildman–Crippen MR) is 69.9 cm³/mol. The monoisotopic (exact) mass is 231 g/mol. The summed E-state index contributed by atoms with van der Waals surface area (Å²) in [4.78, 5) is 15.6. The normalized spacial score (nSPS) is 10.8. The lowest BCUT2D eigenvalue weighted by Crippen LogP contribution is -2.13. The highest BCUT2D eigenvalue weighted by Crippen LogP contribution is 2.22. The molecule has 0 amide bonds. The Morgan fingerprint density at radius 3 is 2.76 bits per heavy atom. The van der Waals surface area contributed by atoms with Crippen LogP contribution in [-0.2, 0) is 6.42 Å². The van der Waals surface area contributed by atoms with Crippen molar-refractivity contribution in [2.75, 3.05) is 7.11 Å². The summed E-state index contributed by atoms with van der Waals surface area (Å²) in [5, 5.41) is 0.707. The number of pyridine rings is 1. The number of fused-ring (bicyclic) bond motifs is 1. The molecule has 0 fully saturated rings. The lowest BCUT2D eigenvalue weighted by atomic mass is 10.0. The highest BCUT2D eigenvalue weighted by molar-refractivity contribution is 5.85. The smallest absolute Gasteiger partial charge is 0.192 e. The number of aromatic nitrogens is 1. The molecule has 3 heteroatoms. The van der Waals surface area contributed by atoms with Crippen molar-refractivity contribution >= 4 is 10.9 Å². The van der Waals surface area contributed by atoms with Crippen LogP contribution in [0, 0.1) is 6.92 Å². The van der Waals surface area contributed by atoms with E-state index in [1.807, 2.05) is 25.1 Å². The predicted octanol–water partition coefficient (Wildman–Crippen LogP) is 2.80. The van der Waals surface area contributed by atoms with E-state index in [2.05, 4.69) is 11.9 Å². The number of methoxy groups -OCH3 is 1. The van der Waals surface area contributed by atoms with Gasteiger partial charge in [-0.3, -0.25) is 4.79 Å². The third-order valence-corrected chi connectivity index (χ3v) is 3.03. The van der Waals surface area contributed by atoms with Gasteiger partial charge in [0, 0.05) is 16.6 Å². The third-order valence-electron chi connectivity index (χ3n) is 3.03. The Morgan fingerprint density at radius 1 is 1.35 bits per heavy atom. The maximum Gasteiger partial charge on any atom is 0.192 e. The molecule has 1 aromatic carbocycles. The van der Waals surface area contributed by atoms with E-state index in [4.69, 9.17) is 4.74 Å². The number of hydrogen-bond donors (Lipinski definition) is 1. The fourth-order valence-electron chi connectivity index (χ4n) is 2.17. The van der Waals surface area contributed by atoms with Gasteiger partial charge in [0.25, 0.3) is 0 Å². The molecule has 0 radical (unpaired) electrons. The van der Waals surface area contributed by atoms with Crippen LogP contribution in [0.5, 0.6) is 5.75 Å². The molecule has 0 aliphatic heterocycles. The minimum atomic E-state index is 0.122. The Morgan fingerprint density at radius 2 is 2.12 bits per heavy atom. The summed E-state index contributed by atoms with van der Waals surface area (Å²) in [5.41, 5.74) is 2.73. The summed E-state index contributed by atoms with van der Waals surface area (Å²) in [6.07, 6.45) is 1.79. The van der Waals surface area contributed by atoms with Crippen molar-refractivity contribution in [1.82, 2.24) is 4.98 Å². The second kappa shape index (κ2) is 4.62. The zero-order chi connectivity index (χ0) is 12.4. The van der Waals surface area contributed by atoms with Crippen LogP contribution in [0.2, 0.25) is 0 Å². The Labute approximate surface area is 100 Å². The Balaban J connectivity index is 2.81. The number of benzene rings is 1. The number of aromatic amines is 1. The van der Waals surface area contributed by atoms with Crippen molar-refractivity contribution in [3.05, 3.63) is 39.7 Å². The van der Waals surface area contributed by atoms with Crippen LogP contribution in [0.3, 0.4) is 0 Å². The number of aryl methyl sites for hydroxylation is 1. The van der Waals surface area contributed by atoms with E-state index >= 15 is 0 Å². The molecule has 0 aliphatic rings. The second-order valence-electron chi connectivity index (χ2n) is 4.19. The number of ether oxygens (including phenoxy) is 1. The van der Waals surface area contributed by atoms with E-state index in [0.717, 1.165) is 29.6 Å². The summed E-state index contributed by atoms with van der Waals surface area (Å²) in [7, 11) is 1.61. The topological polar surface area (TPSA) is 42.1 Å². The number of para-hydroxylation sites is 1. The molecule has 1 aromatic heterocycles. The molecule has 2 rings (SSSR count). The van der Waals surface area contributed by atoms with Gasteiger partial charge in [0.2, 0.25) is 0 Å². The molecule has 0 saturated heterocycles. The van der Waals surface area contributed by atoms with E-state index in [9.17, 15) is 4.79 Å². The highest BCUT2D eigenvalue weighted by Gasteiger charge is 2.10. The summed E-state index contributed by atoms with van der Waals surface area (Å²) in [6.45, 7) is 4.02. The van der Waals surface area contributed by atoms with Crippen LogP contribution >= 0.6 is 0 Å². The number of nitrogens with one attached hydrogen (secondary N) is 1. The summed E-state index contributed by atoms with van der Waals surface area (Å²) in [6, 6.07) is 5.55. The largest absolute Gasteiger partial charge is 0.495 e. The molecule has 3 nitrogen and oxygen atoms in total. The number of hydrogen-bond acceptors (Lipinski definition) is 2. The van der Waals surface area contributed by atoms with Crippen LogP contribution in [0.15, 0.2) is 23.0 Å². The van der Waals surface area contributed by atoms with Crippen molar-refractivity contribution in [3.8, 4) is 5.75 Å². The second-order valence-corrected chi connectivity index (χ2v) is 4.19. The molecule has 1 heterocycles. The molecule has 0 spiro atoms. The first-order valence-corrected chi connectivity index (χ1v) is 5.87. The average molecular weight is 231 g/mol. The zero-order valence-electron chi connectivity index (χ0n) is 10.5. The first-order chi connectivity index (χ1) is 8.19. The van der Waals surface area contributed by atoms with Gasteiger partial charge in [0.05, 0.1) is 12.6 Å². The van der Waals surface area contributed by atoms with Gasteiger partial charge < -0.3 is 9.72 Å². The van der Waals surface area contributed by atoms with Crippen molar-refractivity contribution in [2.45, 2.75) is 26.7 Å². The van der Waals surface area contributed by atoms with Gasteiger partial charge in [-0.1, -0.05) is 19.4 Å². The van der Waals surface area contributed by atoms with Crippen LogP contribution in [0.1, 0.15) is 24.6 Å². The van der Waals surface area contributed by atoms with Gasteiger partial charge >= 0.3 is 0 Å². The van der Waals surface area contributed by atoms with Gasteiger partial charge in [0.1, 0.15) is 5.75 Å². The number of rotatable bonds is 3. The molecule has 0 atom stereocenters. The zero-order valence-corrected chi connectivity index (χ0v) is 10.5. The Hall–Kier alpha value is -1.77. The lowest BCUT2D eigenvalue weighted by molar-refractivity contribution is 0.419. The van der Waals surface area contributed by atoms with Crippen LogP contribution in [0.25, 0.3) is 10.9 Å². The minimum Gasteiger partial charge on any atom is -0.495 e. The van der Waals surface area contributed by atoms with E-state index in [1.54, 1.807) is 7.11 Å². The first kappa shape index (κ1) is 11.7. The molecule has 90 valence electrons. The molecular formula is C14H17NO2. The minimum absolute atomic E-state index is 0.122. The van der Waals surface area contributed by atoms with E-state index in [0.29, 0.717) is 11.1 Å². The fourth-order valence-corrected chi connectivity index (χ4v) is 2.17. The van der Waals surface area contributed by atoms with Gasteiger partial charge in [-0.05, 0) is 25.5 Å². The van der Waals surface area contributed by atoms with Gasteiger partial charge in [0.15, 0.2) is 5.43 Å². The molecule has 0 saturated carbocycles. The van der Waals surface area contributed by atoms with Crippen LogP contribution in [0.4, 0.5) is 0 Å². The van der Waals surface area contributed by atoms with Crippen molar-refractivity contribution < 1.29 is 4.74 Å². The molecule has 0 unspecified atom stereocenters. The Bertz CT molecular complexity index is 599. The van der Waals surface area contributed by atoms with Crippen LogP contribution in [-0.4, -0.2) is 12.1 Å². The van der Waals surface area contributed by atoms with Crippen molar-refractivity contribution in [1.29, 1.82) is 0 Å². The first-order valence-electron chi connectivity index (χ1n) is 5.87. The van der Waals surface area contributed by atoms with E-state index < -0.39 is 0 Å². The maximum atomic E-state index is 12.3. The third kappa shape index (κ3) is 1.93. The van der Waals surface area contributed by atoms with Crippen molar-refractivity contribution in [2.24, 2.45) is 0 Å². The van der Waals surface area contributed by atoms with Gasteiger partial charge in [-0.15, -0.1) is 0 Å². The summed E-state index contributed by atoms with van der Waals surface area (Å²) in [5.74, 6) is 0.714. The summed E-state index contributed by atoms with van der Waals surface area (Å²) >= 11 is 0. The maximum absolute atomic E-state index is 12.3. The fraction of sp³-hybridized carbons (Fsp3) is 0.357. The average Bonchev–Trinajstić information content (AvgIpc) is 2.34. The van der Waals surface area contributed by atoms with Crippen molar-refractivity contribution in [3.63, 3.8) is 0 Å². The van der Waals surface area contributed by atoms with Crippen LogP contribution < -0.4 is 10.2 Å². The van der Waals surface area contributed by atoms with E-state index in [1.165, 1.54) is 0 Å². The quantitative estimate of drug-likeness (QED) is 0.882. The standard InChI is InChI=1S/C14H17NO2/c1-4-6-10-9(2)15-13-11(14(10)16)7-5-8-12(13)17-3/h5,7-8H,4,6H2,1-3H3,(H,15,16). The molecule has 17 heavy (non-hydrogen) atoms.